The molecule has 0 radical (unpaired) electrons. The molecule has 0 spiro atoms. The SMILES string of the molecule is Cc1cccc(Nc2nnc(SCC(=O)NCC(F)(F)F)s2)c1. The van der Waals surface area contributed by atoms with Gasteiger partial charge in [0.25, 0.3) is 0 Å². The molecule has 23 heavy (non-hydrogen) atoms. The van der Waals surface area contributed by atoms with Crippen LogP contribution in [0.1, 0.15) is 5.56 Å². The maximum absolute atomic E-state index is 12.0. The minimum atomic E-state index is -4.41. The van der Waals surface area contributed by atoms with Gasteiger partial charge in [0.15, 0.2) is 4.34 Å². The van der Waals surface area contributed by atoms with Crippen molar-refractivity contribution in [3.63, 3.8) is 0 Å². The number of benzene rings is 1. The summed E-state index contributed by atoms with van der Waals surface area (Å²) < 4.78 is 36.4. The van der Waals surface area contributed by atoms with Gasteiger partial charge in [-0.1, -0.05) is 35.2 Å². The summed E-state index contributed by atoms with van der Waals surface area (Å²) in [5.41, 5.74) is 1.95. The topological polar surface area (TPSA) is 66.9 Å². The summed E-state index contributed by atoms with van der Waals surface area (Å²) in [6.07, 6.45) is -4.41. The van der Waals surface area contributed by atoms with Crippen LogP contribution in [0.2, 0.25) is 0 Å². The summed E-state index contributed by atoms with van der Waals surface area (Å²) in [4.78, 5) is 11.3. The highest BCUT2D eigenvalue weighted by molar-refractivity contribution is 8.01. The van der Waals surface area contributed by atoms with Crippen molar-refractivity contribution in [2.24, 2.45) is 0 Å². The van der Waals surface area contributed by atoms with Crippen molar-refractivity contribution in [1.82, 2.24) is 15.5 Å². The fourth-order valence-corrected chi connectivity index (χ4v) is 3.14. The molecule has 124 valence electrons. The van der Waals surface area contributed by atoms with Gasteiger partial charge in [0.2, 0.25) is 11.0 Å². The molecule has 0 aliphatic carbocycles. The molecule has 0 atom stereocenters. The van der Waals surface area contributed by atoms with Crippen LogP contribution in [-0.2, 0) is 4.79 Å². The van der Waals surface area contributed by atoms with Crippen LogP contribution in [0.3, 0.4) is 0 Å². The molecule has 0 saturated heterocycles. The van der Waals surface area contributed by atoms with E-state index >= 15 is 0 Å². The number of rotatable bonds is 6. The molecule has 0 aliphatic rings. The highest BCUT2D eigenvalue weighted by Crippen LogP contribution is 2.27. The molecular formula is C13H13F3N4OS2. The molecule has 0 aliphatic heterocycles. The zero-order chi connectivity index (χ0) is 16.9. The van der Waals surface area contributed by atoms with Gasteiger partial charge in [-0.2, -0.15) is 13.2 Å². The van der Waals surface area contributed by atoms with Crippen LogP contribution in [0.4, 0.5) is 24.0 Å². The second kappa shape index (κ2) is 7.64. The van der Waals surface area contributed by atoms with E-state index in [2.05, 4.69) is 15.5 Å². The Hall–Kier alpha value is -1.81. The normalized spacial score (nSPS) is 11.3. The van der Waals surface area contributed by atoms with Gasteiger partial charge in [0, 0.05) is 5.69 Å². The number of amides is 1. The summed E-state index contributed by atoms with van der Waals surface area (Å²) in [5.74, 6) is -0.842. The Morgan fingerprint density at radius 2 is 2.13 bits per heavy atom. The molecule has 5 nitrogen and oxygen atoms in total. The smallest absolute Gasteiger partial charge is 0.346 e. The highest BCUT2D eigenvalue weighted by Gasteiger charge is 2.27. The first-order valence-corrected chi connectivity index (χ1v) is 8.25. The Labute approximate surface area is 138 Å². The van der Waals surface area contributed by atoms with Gasteiger partial charge in [-0.15, -0.1) is 10.2 Å². The van der Waals surface area contributed by atoms with Gasteiger partial charge in [-0.3, -0.25) is 4.79 Å². The van der Waals surface area contributed by atoms with Crippen LogP contribution in [-0.4, -0.2) is 34.6 Å². The van der Waals surface area contributed by atoms with Crippen LogP contribution in [0, 0.1) is 6.92 Å². The molecule has 10 heteroatoms. The lowest BCUT2D eigenvalue weighted by Crippen LogP contribution is -2.34. The number of halogens is 3. The first-order valence-electron chi connectivity index (χ1n) is 6.45. The molecule has 2 rings (SSSR count). The molecule has 1 amide bonds. The summed E-state index contributed by atoms with van der Waals surface area (Å²) in [6.45, 7) is 0.634. The summed E-state index contributed by atoms with van der Waals surface area (Å²) in [7, 11) is 0. The molecule has 0 unspecified atom stereocenters. The van der Waals surface area contributed by atoms with E-state index < -0.39 is 18.6 Å². The van der Waals surface area contributed by atoms with E-state index in [1.165, 1.54) is 11.3 Å². The Balaban J connectivity index is 1.82. The lowest BCUT2D eigenvalue weighted by atomic mass is 10.2. The number of thioether (sulfide) groups is 1. The lowest BCUT2D eigenvalue weighted by molar-refractivity contribution is -0.136. The van der Waals surface area contributed by atoms with E-state index in [1.807, 2.05) is 31.2 Å². The standard InChI is InChI=1S/C13H13F3N4OS2/c1-8-3-2-4-9(5-8)18-11-19-20-12(23-11)22-6-10(21)17-7-13(14,15)16/h2-5H,6-7H2,1H3,(H,17,21)(H,18,19). The minimum absolute atomic E-state index is 0.144. The number of hydrogen-bond donors (Lipinski definition) is 2. The van der Waals surface area contributed by atoms with E-state index in [-0.39, 0.29) is 5.75 Å². The number of anilines is 2. The van der Waals surface area contributed by atoms with Crippen molar-refractivity contribution in [2.45, 2.75) is 17.4 Å². The molecule has 2 N–H and O–H groups in total. The zero-order valence-electron chi connectivity index (χ0n) is 12.0. The highest BCUT2D eigenvalue weighted by atomic mass is 32.2. The quantitative estimate of drug-likeness (QED) is 0.772. The van der Waals surface area contributed by atoms with Crippen LogP contribution in [0.15, 0.2) is 28.6 Å². The van der Waals surface area contributed by atoms with Gasteiger partial charge < -0.3 is 10.6 Å². The second-order valence-corrected chi connectivity index (χ2v) is 6.75. The molecule has 2 aromatic rings. The van der Waals surface area contributed by atoms with Crippen molar-refractivity contribution in [3.8, 4) is 0 Å². The molecule has 0 saturated carbocycles. The van der Waals surface area contributed by atoms with Crippen LogP contribution in [0.25, 0.3) is 0 Å². The second-order valence-electron chi connectivity index (χ2n) is 4.55. The van der Waals surface area contributed by atoms with Gasteiger partial charge in [0.1, 0.15) is 6.54 Å². The molecule has 1 aromatic heterocycles. The van der Waals surface area contributed by atoms with E-state index in [0.29, 0.717) is 9.47 Å². The van der Waals surface area contributed by atoms with Gasteiger partial charge in [0.05, 0.1) is 5.75 Å². The van der Waals surface area contributed by atoms with E-state index in [0.717, 1.165) is 23.0 Å². The van der Waals surface area contributed by atoms with E-state index in [1.54, 1.807) is 5.32 Å². The third-order valence-electron chi connectivity index (χ3n) is 2.49. The first kappa shape index (κ1) is 17.5. The summed E-state index contributed by atoms with van der Waals surface area (Å²) in [6, 6.07) is 7.69. The number of aryl methyl sites for hydroxylation is 1. The Bertz CT molecular complexity index is 675. The Morgan fingerprint density at radius 1 is 1.35 bits per heavy atom. The number of aromatic nitrogens is 2. The summed E-state index contributed by atoms with van der Waals surface area (Å²) in [5, 5.41) is 13.2. The fourth-order valence-electron chi connectivity index (χ4n) is 1.54. The Kier molecular flexibility index (Phi) is 5.83. The number of carbonyl (C=O) groups excluding carboxylic acids is 1. The number of nitrogens with one attached hydrogen (secondary N) is 2. The number of alkyl halides is 3. The zero-order valence-corrected chi connectivity index (χ0v) is 13.6. The van der Waals surface area contributed by atoms with E-state index in [9.17, 15) is 18.0 Å². The monoisotopic (exact) mass is 362 g/mol. The number of hydrogen-bond acceptors (Lipinski definition) is 6. The van der Waals surface area contributed by atoms with Crippen LogP contribution in [0.5, 0.6) is 0 Å². The average molecular weight is 362 g/mol. The molecule has 0 bridgehead atoms. The van der Waals surface area contributed by atoms with Crippen LogP contribution >= 0.6 is 23.1 Å². The third kappa shape index (κ3) is 6.45. The van der Waals surface area contributed by atoms with Crippen molar-refractivity contribution < 1.29 is 18.0 Å². The molecule has 0 fully saturated rings. The number of nitrogens with zero attached hydrogens (tertiary/aromatic N) is 2. The number of carbonyl (C=O) groups is 1. The van der Waals surface area contributed by atoms with Crippen molar-refractivity contribution in [3.05, 3.63) is 29.8 Å². The van der Waals surface area contributed by atoms with E-state index in [4.69, 9.17) is 0 Å². The van der Waals surface area contributed by atoms with Gasteiger partial charge in [-0.05, 0) is 24.6 Å². The third-order valence-corrected chi connectivity index (χ3v) is 4.46. The van der Waals surface area contributed by atoms with Gasteiger partial charge in [-0.25, -0.2) is 0 Å². The van der Waals surface area contributed by atoms with Crippen LogP contribution < -0.4 is 10.6 Å². The largest absolute Gasteiger partial charge is 0.405 e. The predicted octanol–water partition coefficient (Wildman–Crippen LogP) is 3.36. The minimum Gasteiger partial charge on any atom is -0.346 e. The van der Waals surface area contributed by atoms with Gasteiger partial charge >= 0.3 is 6.18 Å². The average Bonchev–Trinajstić information content (AvgIpc) is 2.90. The summed E-state index contributed by atoms with van der Waals surface area (Å²) >= 11 is 2.27. The Morgan fingerprint density at radius 3 is 2.83 bits per heavy atom. The molecule has 1 heterocycles. The maximum Gasteiger partial charge on any atom is 0.405 e. The first-order chi connectivity index (χ1) is 10.8. The lowest BCUT2D eigenvalue weighted by Gasteiger charge is -2.07. The van der Waals surface area contributed by atoms with Crippen molar-refractivity contribution in [2.75, 3.05) is 17.6 Å². The molecular weight excluding hydrogens is 349 g/mol. The molecule has 1 aromatic carbocycles. The van der Waals surface area contributed by atoms with Crippen molar-refractivity contribution >= 4 is 39.8 Å². The predicted molar refractivity (Wildman–Crippen MR) is 84.2 cm³/mol. The fraction of sp³-hybridized carbons (Fsp3) is 0.308. The van der Waals surface area contributed by atoms with Crippen molar-refractivity contribution in [1.29, 1.82) is 0 Å². The maximum atomic E-state index is 12.0.